The molecule has 0 saturated carbocycles. The fraction of sp³-hybridized carbons (Fsp3) is 0.0667. The predicted octanol–water partition coefficient (Wildman–Crippen LogP) is 4.47. The number of aromatic nitrogens is 2. The first-order valence-corrected chi connectivity index (χ1v) is 7.89. The Morgan fingerprint density at radius 2 is 2.00 bits per heavy atom. The van der Waals surface area contributed by atoms with Crippen molar-refractivity contribution in [2.45, 2.75) is 0 Å². The van der Waals surface area contributed by atoms with E-state index in [1.165, 1.54) is 11.7 Å². The zero-order valence-electron chi connectivity index (χ0n) is 11.4. The summed E-state index contributed by atoms with van der Waals surface area (Å²) < 4.78 is 7.71. The summed E-state index contributed by atoms with van der Waals surface area (Å²) in [6.07, 6.45) is 0. The van der Waals surface area contributed by atoms with Crippen LogP contribution < -0.4 is 10.3 Å². The van der Waals surface area contributed by atoms with E-state index in [2.05, 4.69) is 20.9 Å². The molecule has 22 heavy (non-hydrogen) atoms. The van der Waals surface area contributed by atoms with Gasteiger partial charge in [-0.2, -0.15) is 0 Å². The van der Waals surface area contributed by atoms with Crippen LogP contribution >= 0.6 is 39.7 Å². The van der Waals surface area contributed by atoms with Gasteiger partial charge in [0.25, 0.3) is 5.56 Å². The number of hydrogen-bond acceptors (Lipinski definition) is 3. The van der Waals surface area contributed by atoms with E-state index < -0.39 is 0 Å². The number of fused-ring (bicyclic) bond motifs is 1. The van der Waals surface area contributed by atoms with E-state index in [4.69, 9.17) is 28.6 Å². The number of ether oxygens (including phenoxy) is 1. The van der Waals surface area contributed by atoms with Gasteiger partial charge in [0.2, 0.25) is 0 Å². The lowest BCUT2D eigenvalue weighted by atomic mass is 10.2. The van der Waals surface area contributed by atoms with Crippen molar-refractivity contribution in [3.05, 3.63) is 61.0 Å². The number of rotatable bonds is 2. The number of H-pyrrole nitrogens is 1. The standard InChI is InChI=1S/C15H10BrClN2O2S/c1-21-13-9(16)7-6-8-12(13)18-15(22)19(14(8)20)11-5-3-2-4-10(11)17/h2-7H,1H3,(H,18,22). The summed E-state index contributed by atoms with van der Waals surface area (Å²) in [6.45, 7) is 0. The molecule has 0 aliphatic carbocycles. The van der Waals surface area contributed by atoms with E-state index in [-0.39, 0.29) is 10.3 Å². The van der Waals surface area contributed by atoms with Crippen molar-refractivity contribution in [3.8, 4) is 11.4 Å². The van der Waals surface area contributed by atoms with E-state index in [1.807, 2.05) is 0 Å². The van der Waals surface area contributed by atoms with E-state index in [1.54, 1.807) is 36.4 Å². The molecule has 0 spiro atoms. The Kier molecular flexibility index (Phi) is 4.08. The second kappa shape index (κ2) is 5.87. The minimum atomic E-state index is -0.252. The topological polar surface area (TPSA) is 47.0 Å². The summed E-state index contributed by atoms with van der Waals surface area (Å²) >= 11 is 14.9. The van der Waals surface area contributed by atoms with Crippen LogP contribution in [0.25, 0.3) is 16.6 Å². The lowest BCUT2D eigenvalue weighted by molar-refractivity contribution is 0.416. The van der Waals surface area contributed by atoms with Crippen molar-refractivity contribution in [3.63, 3.8) is 0 Å². The molecule has 112 valence electrons. The highest BCUT2D eigenvalue weighted by Crippen LogP contribution is 2.31. The maximum Gasteiger partial charge on any atom is 0.266 e. The van der Waals surface area contributed by atoms with Crippen LogP contribution in [0.2, 0.25) is 5.02 Å². The van der Waals surface area contributed by atoms with Crippen molar-refractivity contribution in [1.29, 1.82) is 0 Å². The van der Waals surface area contributed by atoms with Crippen LogP contribution in [0.1, 0.15) is 0 Å². The number of benzene rings is 2. The van der Waals surface area contributed by atoms with Gasteiger partial charge in [0.05, 0.1) is 33.2 Å². The van der Waals surface area contributed by atoms with Crippen LogP contribution in [-0.2, 0) is 0 Å². The maximum atomic E-state index is 12.8. The molecule has 1 aromatic heterocycles. The van der Waals surface area contributed by atoms with Gasteiger partial charge in [-0.25, -0.2) is 0 Å². The second-order valence-electron chi connectivity index (χ2n) is 4.53. The molecule has 0 saturated heterocycles. The fourth-order valence-corrected chi connectivity index (χ4v) is 3.28. The Labute approximate surface area is 144 Å². The highest BCUT2D eigenvalue weighted by molar-refractivity contribution is 9.10. The molecule has 0 amide bonds. The van der Waals surface area contributed by atoms with Crippen LogP contribution in [-0.4, -0.2) is 16.7 Å². The highest BCUT2D eigenvalue weighted by Gasteiger charge is 2.14. The molecule has 4 nitrogen and oxygen atoms in total. The Hall–Kier alpha value is -1.63. The van der Waals surface area contributed by atoms with Gasteiger partial charge in [-0.3, -0.25) is 9.36 Å². The Morgan fingerprint density at radius 3 is 2.68 bits per heavy atom. The first-order chi connectivity index (χ1) is 10.5. The third kappa shape index (κ3) is 2.37. The van der Waals surface area contributed by atoms with E-state index in [0.717, 1.165) is 4.47 Å². The largest absolute Gasteiger partial charge is 0.493 e. The number of nitrogens with one attached hydrogen (secondary N) is 1. The van der Waals surface area contributed by atoms with Crippen LogP contribution in [0.3, 0.4) is 0 Å². The quantitative estimate of drug-likeness (QED) is 0.649. The van der Waals surface area contributed by atoms with Crippen molar-refractivity contribution >= 4 is 50.7 Å². The Bertz CT molecular complexity index is 997. The van der Waals surface area contributed by atoms with Crippen molar-refractivity contribution in [2.75, 3.05) is 7.11 Å². The van der Waals surface area contributed by atoms with Gasteiger partial charge < -0.3 is 9.72 Å². The molecule has 0 bridgehead atoms. The molecule has 7 heteroatoms. The first kappa shape index (κ1) is 15.3. The van der Waals surface area contributed by atoms with E-state index in [9.17, 15) is 4.79 Å². The van der Waals surface area contributed by atoms with Crippen molar-refractivity contribution < 1.29 is 4.74 Å². The van der Waals surface area contributed by atoms with Crippen LogP contribution in [0.15, 0.2) is 45.7 Å². The van der Waals surface area contributed by atoms with Gasteiger partial charge in [0, 0.05) is 0 Å². The summed E-state index contributed by atoms with van der Waals surface area (Å²) in [4.78, 5) is 15.9. The number of hydrogen-bond donors (Lipinski definition) is 1. The van der Waals surface area contributed by atoms with E-state index in [0.29, 0.717) is 27.4 Å². The number of methoxy groups -OCH3 is 1. The smallest absolute Gasteiger partial charge is 0.266 e. The third-order valence-electron chi connectivity index (χ3n) is 3.28. The number of para-hydroxylation sites is 1. The molecule has 3 rings (SSSR count). The second-order valence-corrected chi connectivity index (χ2v) is 6.17. The zero-order valence-corrected chi connectivity index (χ0v) is 14.6. The first-order valence-electron chi connectivity index (χ1n) is 6.31. The number of halogens is 2. The van der Waals surface area contributed by atoms with Crippen molar-refractivity contribution in [2.24, 2.45) is 0 Å². The summed E-state index contributed by atoms with van der Waals surface area (Å²) in [5.74, 6) is 0.534. The zero-order chi connectivity index (χ0) is 15.9. The van der Waals surface area contributed by atoms with Gasteiger partial charge in [-0.05, 0) is 52.4 Å². The Morgan fingerprint density at radius 1 is 1.27 bits per heavy atom. The lowest BCUT2D eigenvalue weighted by Gasteiger charge is -2.12. The highest BCUT2D eigenvalue weighted by atomic mass is 79.9. The Balaban J connectivity index is 2.46. The van der Waals surface area contributed by atoms with Gasteiger partial charge in [0.1, 0.15) is 0 Å². The molecular weight excluding hydrogens is 388 g/mol. The summed E-state index contributed by atoms with van der Waals surface area (Å²) in [5, 5.41) is 0.918. The predicted molar refractivity (Wildman–Crippen MR) is 94.0 cm³/mol. The summed E-state index contributed by atoms with van der Waals surface area (Å²) in [7, 11) is 1.54. The average Bonchev–Trinajstić information content (AvgIpc) is 2.49. The summed E-state index contributed by atoms with van der Waals surface area (Å²) in [6, 6.07) is 10.5. The third-order valence-corrected chi connectivity index (χ3v) is 4.50. The molecule has 1 heterocycles. The molecule has 0 unspecified atom stereocenters. The van der Waals surface area contributed by atoms with Crippen LogP contribution in [0.4, 0.5) is 0 Å². The van der Waals surface area contributed by atoms with Crippen LogP contribution in [0, 0.1) is 4.77 Å². The maximum absolute atomic E-state index is 12.8. The molecular formula is C15H10BrClN2O2S. The van der Waals surface area contributed by atoms with Crippen LogP contribution in [0.5, 0.6) is 5.75 Å². The molecule has 1 N–H and O–H groups in total. The monoisotopic (exact) mass is 396 g/mol. The van der Waals surface area contributed by atoms with Gasteiger partial charge in [-0.1, -0.05) is 23.7 Å². The van der Waals surface area contributed by atoms with Gasteiger partial charge in [0.15, 0.2) is 10.5 Å². The lowest BCUT2D eigenvalue weighted by Crippen LogP contribution is -2.21. The van der Waals surface area contributed by atoms with Gasteiger partial charge in [-0.15, -0.1) is 0 Å². The summed E-state index contributed by atoms with van der Waals surface area (Å²) in [5.41, 5.74) is 0.840. The SMILES string of the molecule is COc1c(Br)ccc2c(=O)n(-c3ccccc3Cl)c(=S)[nH]c12. The number of aromatic amines is 1. The van der Waals surface area contributed by atoms with Crippen molar-refractivity contribution in [1.82, 2.24) is 9.55 Å². The molecule has 0 fully saturated rings. The molecule has 3 aromatic rings. The minimum absolute atomic E-state index is 0.252. The molecule has 0 atom stereocenters. The van der Waals surface area contributed by atoms with Gasteiger partial charge >= 0.3 is 0 Å². The fourth-order valence-electron chi connectivity index (χ4n) is 2.29. The average molecular weight is 398 g/mol. The molecule has 0 aliphatic heterocycles. The normalized spacial score (nSPS) is 10.9. The number of nitrogens with zero attached hydrogens (tertiary/aromatic N) is 1. The van der Waals surface area contributed by atoms with E-state index >= 15 is 0 Å². The molecule has 0 aliphatic rings. The molecule has 0 radical (unpaired) electrons. The molecule has 2 aromatic carbocycles. The minimum Gasteiger partial charge on any atom is -0.493 e.